The molecule has 0 saturated carbocycles. The van der Waals surface area contributed by atoms with E-state index in [0.717, 1.165) is 16.5 Å². The molecular formula is C13H17ClN2O3. The fraction of sp³-hybridized carbons (Fsp3) is 0.308. The molecule has 0 fully saturated rings. The van der Waals surface area contributed by atoms with Crippen molar-refractivity contribution < 1.29 is 14.6 Å². The van der Waals surface area contributed by atoms with E-state index in [1.165, 1.54) is 7.11 Å². The van der Waals surface area contributed by atoms with Crippen LogP contribution in [0.15, 0.2) is 24.3 Å². The molecule has 0 aliphatic heterocycles. The molecule has 104 valence electrons. The van der Waals surface area contributed by atoms with Crippen LogP contribution in [0.5, 0.6) is 0 Å². The summed E-state index contributed by atoms with van der Waals surface area (Å²) in [6.45, 7) is -0.125. The Morgan fingerprint density at radius 3 is 2.79 bits per heavy atom. The summed E-state index contributed by atoms with van der Waals surface area (Å²) in [6.07, 6.45) is 0.422. The van der Waals surface area contributed by atoms with Crippen molar-refractivity contribution in [1.82, 2.24) is 4.98 Å². The maximum atomic E-state index is 11.7. The number of aromatic amines is 1. The van der Waals surface area contributed by atoms with Crippen molar-refractivity contribution in [2.75, 3.05) is 13.7 Å². The molecule has 1 atom stereocenters. The van der Waals surface area contributed by atoms with E-state index in [2.05, 4.69) is 4.98 Å². The number of rotatable bonds is 4. The Balaban J connectivity index is 0.00000180. The van der Waals surface area contributed by atoms with Crippen LogP contribution in [0.3, 0.4) is 0 Å². The van der Waals surface area contributed by atoms with E-state index in [-0.39, 0.29) is 19.0 Å². The number of methoxy groups -OCH3 is 1. The average molecular weight is 285 g/mol. The zero-order chi connectivity index (χ0) is 13.1. The third kappa shape index (κ3) is 3.07. The van der Waals surface area contributed by atoms with Gasteiger partial charge in [-0.3, -0.25) is 0 Å². The van der Waals surface area contributed by atoms with Crippen molar-refractivity contribution in [3.8, 4) is 0 Å². The largest absolute Gasteiger partial charge is 0.464 e. The van der Waals surface area contributed by atoms with Gasteiger partial charge in [0.05, 0.1) is 13.7 Å². The Hall–Kier alpha value is -1.56. The summed E-state index contributed by atoms with van der Waals surface area (Å²) >= 11 is 0. The highest BCUT2D eigenvalue weighted by Gasteiger charge is 2.19. The highest BCUT2D eigenvalue weighted by Crippen LogP contribution is 2.24. The second-order valence-electron chi connectivity index (χ2n) is 4.16. The zero-order valence-corrected chi connectivity index (χ0v) is 11.4. The van der Waals surface area contributed by atoms with Gasteiger partial charge in [0.1, 0.15) is 5.69 Å². The maximum absolute atomic E-state index is 11.7. The van der Waals surface area contributed by atoms with Crippen LogP contribution in [0, 0.1) is 0 Å². The number of nitrogens with two attached hydrogens (primary N) is 1. The number of fused-ring (bicyclic) bond motifs is 1. The lowest BCUT2D eigenvalue weighted by Crippen LogP contribution is -2.27. The standard InChI is InChI=1S/C13H16N2O3.ClH/c1-18-13(17)12-10(6-8(14)7-16)9-4-2-3-5-11(9)15-12;/h2-5,8,15-16H,6-7,14H2,1H3;1H. The molecule has 1 unspecified atom stereocenters. The summed E-state index contributed by atoms with van der Waals surface area (Å²) in [5.41, 5.74) is 7.80. The summed E-state index contributed by atoms with van der Waals surface area (Å²) < 4.78 is 4.75. The van der Waals surface area contributed by atoms with E-state index < -0.39 is 12.0 Å². The minimum Gasteiger partial charge on any atom is -0.464 e. The normalized spacial score (nSPS) is 11.9. The molecule has 2 rings (SSSR count). The van der Waals surface area contributed by atoms with E-state index in [4.69, 9.17) is 15.6 Å². The van der Waals surface area contributed by atoms with Gasteiger partial charge in [-0.05, 0) is 18.1 Å². The maximum Gasteiger partial charge on any atom is 0.354 e. The Bertz CT molecular complexity index is 568. The molecule has 1 aromatic carbocycles. The minimum absolute atomic E-state index is 0. The second kappa shape index (κ2) is 6.56. The van der Waals surface area contributed by atoms with Crippen molar-refractivity contribution in [2.45, 2.75) is 12.5 Å². The van der Waals surface area contributed by atoms with E-state index in [0.29, 0.717) is 12.1 Å². The fourth-order valence-electron chi connectivity index (χ4n) is 2.02. The van der Waals surface area contributed by atoms with E-state index in [1.54, 1.807) is 0 Å². The van der Waals surface area contributed by atoms with Gasteiger partial charge in [0.25, 0.3) is 0 Å². The van der Waals surface area contributed by atoms with Crippen LogP contribution in [0.25, 0.3) is 10.9 Å². The number of aliphatic hydroxyl groups is 1. The summed E-state index contributed by atoms with van der Waals surface area (Å²) in [5, 5.41) is 9.97. The monoisotopic (exact) mass is 284 g/mol. The molecule has 0 spiro atoms. The fourth-order valence-corrected chi connectivity index (χ4v) is 2.02. The predicted molar refractivity (Wildman–Crippen MR) is 75.7 cm³/mol. The molecule has 0 aliphatic rings. The Labute approximate surface area is 117 Å². The minimum atomic E-state index is -0.425. The number of esters is 1. The molecule has 0 amide bonds. The number of H-pyrrole nitrogens is 1. The predicted octanol–water partition coefficient (Wildman–Crippen LogP) is 1.24. The van der Waals surface area contributed by atoms with Gasteiger partial charge in [-0.2, -0.15) is 0 Å². The molecule has 1 aromatic heterocycles. The van der Waals surface area contributed by atoms with Crippen LogP contribution >= 0.6 is 12.4 Å². The van der Waals surface area contributed by atoms with Crippen molar-refractivity contribution >= 4 is 29.3 Å². The van der Waals surface area contributed by atoms with Gasteiger partial charge in [-0.25, -0.2) is 4.79 Å². The Kier molecular flexibility index (Phi) is 5.35. The molecule has 4 N–H and O–H groups in total. The molecule has 5 nitrogen and oxygen atoms in total. The highest BCUT2D eigenvalue weighted by molar-refractivity contribution is 5.98. The first-order valence-corrected chi connectivity index (χ1v) is 5.71. The van der Waals surface area contributed by atoms with Crippen LogP contribution in [-0.2, 0) is 11.2 Å². The van der Waals surface area contributed by atoms with Crippen LogP contribution in [0.4, 0.5) is 0 Å². The molecule has 0 saturated heterocycles. The molecule has 2 aromatic rings. The lowest BCUT2D eigenvalue weighted by Gasteiger charge is -2.08. The highest BCUT2D eigenvalue weighted by atomic mass is 35.5. The van der Waals surface area contributed by atoms with E-state index in [1.807, 2.05) is 24.3 Å². The van der Waals surface area contributed by atoms with Gasteiger partial charge in [0.2, 0.25) is 0 Å². The average Bonchev–Trinajstić information content (AvgIpc) is 2.77. The number of para-hydroxylation sites is 1. The summed E-state index contributed by atoms with van der Waals surface area (Å²) in [7, 11) is 1.34. The van der Waals surface area contributed by atoms with Gasteiger partial charge in [0, 0.05) is 16.9 Å². The number of hydrogen-bond acceptors (Lipinski definition) is 4. The summed E-state index contributed by atoms with van der Waals surface area (Å²) in [4.78, 5) is 14.7. The molecule has 6 heteroatoms. The van der Waals surface area contributed by atoms with Crippen LogP contribution in [0.2, 0.25) is 0 Å². The molecule has 19 heavy (non-hydrogen) atoms. The lowest BCUT2D eigenvalue weighted by molar-refractivity contribution is 0.0593. The van der Waals surface area contributed by atoms with Gasteiger partial charge in [0.15, 0.2) is 0 Å². The molecule has 1 heterocycles. The molecule has 0 bridgehead atoms. The third-order valence-corrected chi connectivity index (χ3v) is 2.90. The number of aromatic nitrogens is 1. The van der Waals surface area contributed by atoms with Gasteiger partial charge in [-0.15, -0.1) is 12.4 Å². The first-order chi connectivity index (χ1) is 8.67. The number of benzene rings is 1. The number of carbonyl (C=O) groups is 1. The van der Waals surface area contributed by atoms with E-state index >= 15 is 0 Å². The zero-order valence-electron chi connectivity index (χ0n) is 10.6. The van der Waals surface area contributed by atoms with Crippen LogP contribution in [-0.4, -0.2) is 35.8 Å². The van der Waals surface area contributed by atoms with Gasteiger partial charge in [-0.1, -0.05) is 18.2 Å². The third-order valence-electron chi connectivity index (χ3n) is 2.90. The number of halogens is 1. The van der Waals surface area contributed by atoms with Crippen LogP contribution in [0.1, 0.15) is 16.1 Å². The summed E-state index contributed by atoms with van der Waals surface area (Å²) in [5.74, 6) is -0.425. The Morgan fingerprint density at radius 2 is 2.16 bits per heavy atom. The topological polar surface area (TPSA) is 88.3 Å². The van der Waals surface area contributed by atoms with Crippen LogP contribution < -0.4 is 5.73 Å². The Morgan fingerprint density at radius 1 is 1.47 bits per heavy atom. The smallest absolute Gasteiger partial charge is 0.354 e. The van der Waals surface area contributed by atoms with Crippen molar-refractivity contribution in [2.24, 2.45) is 5.73 Å². The number of carbonyl (C=O) groups excluding carboxylic acids is 1. The number of hydrogen-bond donors (Lipinski definition) is 3. The quantitative estimate of drug-likeness (QED) is 0.737. The molecule has 0 radical (unpaired) electrons. The van der Waals surface area contributed by atoms with E-state index in [9.17, 15) is 4.79 Å². The van der Waals surface area contributed by atoms with Crippen molar-refractivity contribution in [3.63, 3.8) is 0 Å². The van der Waals surface area contributed by atoms with Gasteiger partial charge >= 0.3 is 5.97 Å². The van der Waals surface area contributed by atoms with Crippen molar-refractivity contribution in [1.29, 1.82) is 0 Å². The number of aliphatic hydroxyl groups excluding tert-OH is 1. The number of ether oxygens (including phenoxy) is 1. The SMILES string of the molecule is COC(=O)c1[nH]c2ccccc2c1CC(N)CO.Cl. The first-order valence-electron chi connectivity index (χ1n) is 5.71. The second-order valence-corrected chi connectivity index (χ2v) is 4.16. The lowest BCUT2D eigenvalue weighted by atomic mass is 10.0. The number of nitrogens with one attached hydrogen (secondary N) is 1. The van der Waals surface area contributed by atoms with Gasteiger partial charge < -0.3 is 20.6 Å². The van der Waals surface area contributed by atoms with Crippen molar-refractivity contribution in [3.05, 3.63) is 35.5 Å². The first kappa shape index (κ1) is 15.5. The summed E-state index contributed by atoms with van der Waals surface area (Å²) in [6, 6.07) is 7.18. The molecule has 0 aliphatic carbocycles. The molecular weight excluding hydrogens is 268 g/mol.